The van der Waals surface area contributed by atoms with Gasteiger partial charge in [0.05, 0.1) is 17.0 Å². The maximum atomic E-state index is 13.5. The Kier molecular flexibility index (Phi) is 4.43. The van der Waals surface area contributed by atoms with Crippen molar-refractivity contribution in [2.45, 2.75) is 19.9 Å². The number of amides is 1. The summed E-state index contributed by atoms with van der Waals surface area (Å²) in [7, 11) is 0. The van der Waals surface area contributed by atoms with Crippen LogP contribution in [0, 0.1) is 13.8 Å². The first kappa shape index (κ1) is 19.2. The van der Waals surface area contributed by atoms with Crippen LogP contribution in [-0.4, -0.2) is 16.1 Å². The SMILES string of the molecule is Cc1nnc(N2C(=O)c3oc4cc(C)c(Cl)cc4c(=O)c3C2c2ccc(Cl)cc2)s1. The smallest absolute Gasteiger partial charge is 0.297 e. The van der Waals surface area contributed by atoms with E-state index < -0.39 is 11.9 Å². The predicted molar refractivity (Wildman–Crippen MR) is 117 cm³/mol. The van der Waals surface area contributed by atoms with E-state index in [0.29, 0.717) is 36.7 Å². The lowest BCUT2D eigenvalue weighted by atomic mass is 9.98. The zero-order valence-electron chi connectivity index (χ0n) is 15.8. The fraction of sp³-hybridized carbons (Fsp3) is 0.143. The molecular weight excluding hydrogens is 445 g/mol. The van der Waals surface area contributed by atoms with Crippen LogP contribution < -0.4 is 10.3 Å². The summed E-state index contributed by atoms with van der Waals surface area (Å²) in [6, 6.07) is 9.53. The third-order valence-electron chi connectivity index (χ3n) is 5.06. The minimum absolute atomic E-state index is 0.00188. The number of hydrogen-bond donors (Lipinski definition) is 0. The second-order valence-corrected chi connectivity index (χ2v) is 9.01. The zero-order chi connectivity index (χ0) is 21.2. The number of hydrogen-bond acceptors (Lipinski definition) is 6. The first-order chi connectivity index (χ1) is 14.3. The summed E-state index contributed by atoms with van der Waals surface area (Å²) < 4.78 is 5.95. The van der Waals surface area contributed by atoms with E-state index in [-0.39, 0.29) is 16.8 Å². The highest BCUT2D eigenvalue weighted by molar-refractivity contribution is 7.15. The minimum atomic E-state index is -0.710. The average Bonchev–Trinajstić information content (AvgIpc) is 3.26. The number of anilines is 1. The van der Waals surface area contributed by atoms with Crippen molar-refractivity contribution in [3.8, 4) is 0 Å². The number of carbonyl (C=O) groups is 1. The van der Waals surface area contributed by atoms with Crippen LogP contribution in [0.1, 0.15) is 38.3 Å². The van der Waals surface area contributed by atoms with Crippen molar-refractivity contribution in [1.29, 1.82) is 0 Å². The van der Waals surface area contributed by atoms with Crippen molar-refractivity contribution in [2.24, 2.45) is 0 Å². The normalized spacial score (nSPS) is 15.8. The van der Waals surface area contributed by atoms with Crippen molar-refractivity contribution in [2.75, 3.05) is 4.90 Å². The third-order valence-corrected chi connectivity index (χ3v) is 6.56. The van der Waals surface area contributed by atoms with Crippen LogP contribution in [-0.2, 0) is 0 Å². The maximum Gasteiger partial charge on any atom is 0.297 e. The van der Waals surface area contributed by atoms with Gasteiger partial charge in [0.2, 0.25) is 10.9 Å². The molecule has 0 bridgehead atoms. The molecule has 0 spiro atoms. The molecule has 1 amide bonds. The molecule has 0 N–H and O–H groups in total. The van der Waals surface area contributed by atoms with Gasteiger partial charge in [0.25, 0.3) is 5.91 Å². The molecule has 9 heteroatoms. The zero-order valence-corrected chi connectivity index (χ0v) is 18.1. The van der Waals surface area contributed by atoms with Crippen LogP contribution >= 0.6 is 34.5 Å². The molecule has 0 radical (unpaired) electrons. The van der Waals surface area contributed by atoms with E-state index in [1.165, 1.54) is 16.2 Å². The molecule has 2 aromatic heterocycles. The van der Waals surface area contributed by atoms with Crippen molar-refractivity contribution in [1.82, 2.24) is 10.2 Å². The Morgan fingerprint density at radius 3 is 2.47 bits per heavy atom. The largest absolute Gasteiger partial charge is 0.450 e. The number of benzene rings is 2. The Labute approximate surface area is 184 Å². The molecule has 0 saturated heterocycles. The Bertz CT molecular complexity index is 1400. The van der Waals surface area contributed by atoms with Crippen molar-refractivity contribution >= 4 is 56.5 Å². The van der Waals surface area contributed by atoms with Crippen LogP contribution in [0.25, 0.3) is 11.0 Å². The summed E-state index contributed by atoms with van der Waals surface area (Å²) in [6.45, 7) is 3.61. The molecule has 0 saturated carbocycles. The summed E-state index contributed by atoms with van der Waals surface area (Å²) in [5.41, 5.74) is 1.74. The number of aryl methyl sites for hydroxylation is 2. The second kappa shape index (κ2) is 6.91. The van der Waals surface area contributed by atoms with E-state index in [2.05, 4.69) is 10.2 Å². The standard InChI is InChI=1S/C21H13Cl2N3O3S/c1-9-7-15-13(8-14(9)23)18(27)16-17(11-3-5-12(22)6-4-11)26(20(28)19(16)29-15)21-25-24-10(2)30-21/h3-8,17H,1-2H3. The van der Waals surface area contributed by atoms with E-state index in [4.69, 9.17) is 27.6 Å². The fourth-order valence-corrected chi connectivity index (χ4v) is 4.64. The van der Waals surface area contributed by atoms with Gasteiger partial charge in [-0.05, 0) is 49.2 Å². The number of aromatic nitrogens is 2. The molecule has 6 nitrogen and oxygen atoms in total. The van der Waals surface area contributed by atoms with Crippen molar-refractivity contribution in [3.05, 3.63) is 84.1 Å². The molecule has 0 aliphatic carbocycles. The average molecular weight is 458 g/mol. The topological polar surface area (TPSA) is 76.3 Å². The summed E-state index contributed by atoms with van der Waals surface area (Å²) in [5, 5.41) is 10.6. The first-order valence-electron chi connectivity index (χ1n) is 9.01. The molecule has 30 heavy (non-hydrogen) atoms. The molecule has 3 heterocycles. The number of nitrogens with zero attached hydrogens (tertiary/aromatic N) is 3. The molecule has 1 atom stereocenters. The van der Waals surface area contributed by atoms with E-state index in [1.54, 1.807) is 43.3 Å². The molecule has 0 fully saturated rings. The van der Waals surface area contributed by atoms with Gasteiger partial charge in [0, 0.05) is 10.0 Å². The highest BCUT2D eigenvalue weighted by atomic mass is 35.5. The van der Waals surface area contributed by atoms with Gasteiger partial charge >= 0.3 is 0 Å². The van der Waals surface area contributed by atoms with Crippen LogP contribution in [0.3, 0.4) is 0 Å². The molecule has 1 unspecified atom stereocenters. The Hall–Kier alpha value is -2.74. The van der Waals surface area contributed by atoms with E-state index in [0.717, 1.165) is 5.56 Å². The molecule has 2 aromatic carbocycles. The maximum absolute atomic E-state index is 13.5. The highest BCUT2D eigenvalue weighted by Crippen LogP contribution is 2.42. The Morgan fingerprint density at radius 2 is 1.80 bits per heavy atom. The monoisotopic (exact) mass is 457 g/mol. The highest BCUT2D eigenvalue weighted by Gasteiger charge is 2.45. The van der Waals surface area contributed by atoms with Gasteiger partial charge in [0.1, 0.15) is 10.6 Å². The molecule has 4 aromatic rings. The van der Waals surface area contributed by atoms with Gasteiger partial charge in [-0.1, -0.05) is 46.7 Å². The first-order valence-corrected chi connectivity index (χ1v) is 10.6. The number of halogens is 2. The van der Waals surface area contributed by atoms with E-state index >= 15 is 0 Å². The van der Waals surface area contributed by atoms with E-state index in [1.807, 2.05) is 6.92 Å². The van der Waals surface area contributed by atoms with Crippen LogP contribution in [0.4, 0.5) is 5.13 Å². The van der Waals surface area contributed by atoms with Crippen LogP contribution in [0.15, 0.2) is 45.6 Å². The predicted octanol–water partition coefficient (Wildman–Crippen LogP) is 5.32. The van der Waals surface area contributed by atoms with Crippen LogP contribution in [0.5, 0.6) is 0 Å². The quantitative estimate of drug-likeness (QED) is 0.407. The molecule has 5 rings (SSSR count). The van der Waals surface area contributed by atoms with E-state index in [9.17, 15) is 9.59 Å². The number of carbonyl (C=O) groups excluding carboxylic acids is 1. The summed E-state index contributed by atoms with van der Waals surface area (Å²) in [6.07, 6.45) is 0. The van der Waals surface area contributed by atoms with Gasteiger partial charge < -0.3 is 4.42 Å². The van der Waals surface area contributed by atoms with Crippen molar-refractivity contribution in [3.63, 3.8) is 0 Å². The summed E-state index contributed by atoms with van der Waals surface area (Å²) in [4.78, 5) is 28.3. The summed E-state index contributed by atoms with van der Waals surface area (Å²) >= 11 is 13.6. The van der Waals surface area contributed by atoms with Gasteiger partial charge in [-0.3, -0.25) is 14.5 Å². The van der Waals surface area contributed by atoms with Gasteiger partial charge in [-0.2, -0.15) is 0 Å². The lowest BCUT2D eigenvalue weighted by Gasteiger charge is -2.22. The van der Waals surface area contributed by atoms with Gasteiger partial charge in [-0.25, -0.2) is 0 Å². The lowest BCUT2D eigenvalue weighted by molar-refractivity contribution is 0.0970. The molecule has 150 valence electrons. The molecular formula is C21H13Cl2N3O3S. The second-order valence-electron chi connectivity index (χ2n) is 7.00. The minimum Gasteiger partial charge on any atom is -0.450 e. The van der Waals surface area contributed by atoms with Crippen molar-refractivity contribution < 1.29 is 9.21 Å². The fourth-order valence-electron chi connectivity index (χ4n) is 3.63. The number of fused-ring (bicyclic) bond motifs is 2. The summed E-state index contributed by atoms with van der Waals surface area (Å²) in [5.74, 6) is -0.435. The number of rotatable bonds is 2. The van der Waals surface area contributed by atoms with Gasteiger partial charge in [-0.15, -0.1) is 10.2 Å². The molecule has 1 aliphatic rings. The Morgan fingerprint density at radius 1 is 1.07 bits per heavy atom. The van der Waals surface area contributed by atoms with Crippen LogP contribution in [0.2, 0.25) is 10.0 Å². The van der Waals surface area contributed by atoms with Gasteiger partial charge in [0.15, 0.2) is 5.43 Å². The lowest BCUT2D eigenvalue weighted by Crippen LogP contribution is -2.29. The Balaban J connectivity index is 1.83. The third kappa shape index (κ3) is 2.85. The molecule has 1 aliphatic heterocycles.